The molecule has 0 aromatic heterocycles. The molecule has 0 aliphatic heterocycles. The maximum atomic E-state index is 8.00. The molecule has 0 atom stereocenters. The minimum atomic E-state index is -0.285. The van der Waals surface area contributed by atoms with E-state index in [-0.39, 0.29) is 5.82 Å². The second-order valence-electron chi connectivity index (χ2n) is 1.01. The van der Waals surface area contributed by atoms with Crippen LogP contribution in [0.5, 0.6) is 0 Å². The second-order valence-corrected chi connectivity index (χ2v) is 1.01. The van der Waals surface area contributed by atoms with Crippen LogP contribution in [0.1, 0.15) is 0 Å². The molecule has 7 nitrogen and oxygen atoms in total. The summed E-state index contributed by atoms with van der Waals surface area (Å²) < 4.78 is 0. The van der Waals surface area contributed by atoms with Gasteiger partial charge in [0.15, 0.2) is 0 Å². The molecule has 7 heteroatoms. The first kappa shape index (κ1) is 7.85. The highest BCUT2D eigenvalue weighted by Crippen LogP contribution is 1.97. The molecule has 0 bridgehead atoms. The lowest BCUT2D eigenvalue weighted by atomic mass is 10.6. The summed E-state index contributed by atoms with van der Waals surface area (Å²) in [7, 11) is 0. The van der Waals surface area contributed by atoms with Crippen LogP contribution in [0.15, 0.2) is 22.1 Å². The van der Waals surface area contributed by atoms with Crippen LogP contribution >= 0.6 is 0 Å². The molecule has 0 aliphatic rings. The molecule has 0 fully saturated rings. The zero-order valence-corrected chi connectivity index (χ0v) is 4.71. The van der Waals surface area contributed by atoms with E-state index in [0.717, 1.165) is 6.08 Å². The van der Waals surface area contributed by atoms with E-state index in [0.29, 0.717) is 0 Å². The third kappa shape index (κ3) is 2.93. The molecule has 0 spiro atoms. The molecule has 0 aliphatic carbocycles. The summed E-state index contributed by atoms with van der Waals surface area (Å²) >= 11 is 0. The number of hydrogen-bond donors (Lipinski definition) is 0. The van der Waals surface area contributed by atoms with Crippen LogP contribution in [0.2, 0.25) is 0 Å². The van der Waals surface area contributed by atoms with Crippen molar-refractivity contribution in [1.29, 1.82) is 5.26 Å². The summed E-state index contributed by atoms with van der Waals surface area (Å²) in [4.78, 5) is 4.63. The highest BCUT2D eigenvalue weighted by Gasteiger charge is 1.83. The third-order valence-corrected chi connectivity index (χ3v) is 0.488. The van der Waals surface area contributed by atoms with Gasteiger partial charge in [-0.1, -0.05) is 10.2 Å². The molecule has 0 unspecified atom stereocenters. The van der Waals surface area contributed by atoms with Gasteiger partial charge in [0.2, 0.25) is 0 Å². The molecular formula is C3HN7. The molecule has 0 N–H and O–H groups in total. The van der Waals surface area contributed by atoms with Crippen molar-refractivity contribution in [2.45, 2.75) is 0 Å². The van der Waals surface area contributed by atoms with Crippen LogP contribution in [0.4, 0.5) is 0 Å². The summed E-state index contributed by atoms with van der Waals surface area (Å²) in [5.74, 6) is -0.285. The zero-order valence-electron chi connectivity index (χ0n) is 4.71. The van der Waals surface area contributed by atoms with Gasteiger partial charge in [0.25, 0.3) is 0 Å². The van der Waals surface area contributed by atoms with Crippen molar-refractivity contribution in [3.63, 3.8) is 0 Å². The molecule has 0 aromatic rings. The Labute approximate surface area is 55.4 Å². The highest BCUT2D eigenvalue weighted by molar-refractivity contribution is 5.10. The molecule has 0 radical (unpaired) electrons. The normalized spacial score (nSPS) is 5.90. The smallest absolute Gasteiger partial charge is 0.111 e. The molecule has 0 saturated heterocycles. The van der Waals surface area contributed by atoms with Gasteiger partial charge in [0.05, 0.1) is 6.07 Å². The minimum Gasteiger partial charge on any atom is -0.193 e. The Kier molecular flexibility index (Phi) is 3.92. The lowest BCUT2D eigenvalue weighted by molar-refractivity contribution is 1.19. The van der Waals surface area contributed by atoms with Crippen molar-refractivity contribution in [1.82, 2.24) is 0 Å². The second kappa shape index (κ2) is 5.00. The van der Waals surface area contributed by atoms with Gasteiger partial charge in [-0.15, -0.1) is 0 Å². The van der Waals surface area contributed by atoms with Crippen LogP contribution in [0.25, 0.3) is 20.9 Å². The Bertz CT molecular complexity index is 248. The van der Waals surface area contributed by atoms with Crippen molar-refractivity contribution in [2.24, 2.45) is 10.2 Å². The number of hydrogen-bond acceptors (Lipinski definition) is 3. The largest absolute Gasteiger partial charge is 0.193 e. The molecular weight excluding hydrogens is 134 g/mol. The van der Waals surface area contributed by atoms with E-state index in [1.807, 2.05) is 0 Å². The summed E-state index contributed by atoms with van der Waals surface area (Å²) in [6.45, 7) is 0. The van der Waals surface area contributed by atoms with Crippen LogP contribution < -0.4 is 0 Å². The fraction of sp³-hybridized carbons (Fsp3) is 0. The first-order chi connectivity index (χ1) is 4.85. The minimum absolute atomic E-state index is 0.285. The van der Waals surface area contributed by atoms with Crippen LogP contribution in [0, 0.1) is 11.3 Å². The molecule has 0 heterocycles. The van der Waals surface area contributed by atoms with E-state index in [2.05, 4.69) is 20.1 Å². The van der Waals surface area contributed by atoms with Gasteiger partial charge < -0.3 is 0 Å². The molecule has 10 heavy (non-hydrogen) atoms. The number of nitrogens with zero attached hydrogens (tertiary/aromatic N) is 7. The first-order valence-corrected chi connectivity index (χ1v) is 2.05. The van der Waals surface area contributed by atoms with E-state index in [1.54, 1.807) is 6.07 Å². The quantitative estimate of drug-likeness (QED) is 0.244. The van der Waals surface area contributed by atoms with Gasteiger partial charge in [-0.2, -0.15) is 5.26 Å². The molecule has 0 amide bonds. The van der Waals surface area contributed by atoms with Crippen molar-refractivity contribution < 1.29 is 0 Å². The van der Waals surface area contributed by atoms with E-state index in [1.165, 1.54) is 0 Å². The molecule has 0 aromatic carbocycles. The van der Waals surface area contributed by atoms with Crippen LogP contribution in [0.3, 0.4) is 0 Å². The van der Waals surface area contributed by atoms with E-state index < -0.39 is 0 Å². The molecule has 0 saturated carbocycles. The monoisotopic (exact) mass is 135 g/mol. The van der Waals surface area contributed by atoms with Crippen molar-refractivity contribution in [2.75, 3.05) is 0 Å². The van der Waals surface area contributed by atoms with E-state index >= 15 is 0 Å². The lowest BCUT2D eigenvalue weighted by Crippen LogP contribution is -1.63. The van der Waals surface area contributed by atoms with Crippen molar-refractivity contribution in [3.05, 3.63) is 32.8 Å². The van der Waals surface area contributed by atoms with Gasteiger partial charge in [-0.25, -0.2) is 0 Å². The topological polar surface area (TPSA) is 121 Å². The van der Waals surface area contributed by atoms with Gasteiger partial charge >= 0.3 is 0 Å². The summed E-state index contributed by atoms with van der Waals surface area (Å²) in [5, 5.41) is 13.8. The number of rotatable bonds is 2. The highest BCUT2D eigenvalue weighted by atomic mass is 15.3. The number of nitriles is 1. The molecule has 0 rings (SSSR count). The predicted molar refractivity (Wildman–Crippen MR) is 32.0 cm³/mol. The summed E-state index contributed by atoms with van der Waals surface area (Å²) in [6.07, 6.45) is 0.847. The molecule has 48 valence electrons. The standard InChI is InChI=1S/C3HN7/c4-2-1-3(7-9-5)8-10-6/h1H. The summed E-state index contributed by atoms with van der Waals surface area (Å²) in [6, 6.07) is 1.55. The lowest BCUT2D eigenvalue weighted by Gasteiger charge is -1.77. The fourth-order valence-corrected chi connectivity index (χ4v) is 0.227. The Morgan fingerprint density at radius 2 is 1.90 bits per heavy atom. The summed E-state index contributed by atoms with van der Waals surface area (Å²) in [5.41, 5.74) is 15.6. The Morgan fingerprint density at radius 3 is 2.20 bits per heavy atom. The zero-order chi connectivity index (χ0) is 7.82. The van der Waals surface area contributed by atoms with E-state index in [4.69, 9.17) is 16.3 Å². The Balaban J connectivity index is 4.61. The number of azide groups is 1. The average Bonchev–Trinajstić information content (AvgIpc) is 1.90. The van der Waals surface area contributed by atoms with Gasteiger partial charge in [-0.05, 0) is 11.1 Å². The van der Waals surface area contributed by atoms with Crippen molar-refractivity contribution in [3.8, 4) is 6.07 Å². The number of allylic oxidation sites excluding steroid dienone is 1. The SMILES string of the molecule is N#CC=C(N=[N+]=[N-])N=[N+]=[N-]. The maximum Gasteiger partial charge on any atom is 0.111 e. The average molecular weight is 135 g/mol. The van der Waals surface area contributed by atoms with Gasteiger partial charge in [-0.3, -0.25) is 0 Å². The van der Waals surface area contributed by atoms with Crippen LogP contribution in [-0.2, 0) is 0 Å². The van der Waals surface area contributed by atoms with Crippen LogP contribution in [-0.4, -0.2) is 0 Å². The van der Waals surface area contributed by atoms with Gasteiger partial charge in [0.1, 0.15) is 5.82 Å². The van der Waals surface area contributed by atoms with E-state index in [9.17, 15) is 0 Å². The fourth-order valence-electron chi connectivity index (χ4n) is 0.227. The predicted octanol–water partition coefficient (Wildman–Crippen LogP) is 1.97. The Morgan fingerprint density at radius 1 is 1.40 bits per heavy atom. The third-order valence-electron chi connectivity index (χ3n) is 0.488. The van der Waals surface area contributed by atoms with Crippen molar-refractivity contribution >= 4 is 0 Å². The van der Waals surface area contributed by atoms with Gasteiger partial charge in [0, 0.05) is 15.9 Å². The maximum absolute atomic E-state index is 8.00. The first-order valence-electron chi connectivity index (χ1n) is 2.05. The Hall–Kier alpha value is -2.15.